The van der Waals surface area contributed by atoms with Crippen molar-refractivity contribution < 1.29 is 28.5 Å². The van der Waals surface area contributed by atoms with E-state index >= 15 is 0 Å². The van der Waals surface area contributed by atoms with Crippen LogP contribution in [0, 0.1) is 11.3 Å². The quantitative estimate of drug-likeness (QED) is 0.436. The van der Waals surface area contributed by atoms with Crippen molar-refractivity contribution in [3.05, 3.63) is 75.8 Å². The first kappa shape index (κ1) is 24.7. The molecule has 10 nitrogen and oxygen atoms in total. The van der Waals surface area contributed by atoms with E-state index in [0.717, 1.165) is 52.6 Å². The van der Waals surface area contributed by atoms with Crippen LogP contribution in [0.15, 0.2) is 63.6 Å². The number of anilines is 1. The van der Waals surface area contributed by atoms with Crippen molar-refractivity contribution in [1.29, 1.82) is 5.26 Å². The van der Waals surface area contributed by atoms with Crippen LogP contribution in [-0.4, -0.2) is 40.6 Å². The van der Waals surface area contributed by atoms with E-state index < -0.39 is 23.4 Å². The van der Waals surface area contributed by atoms with Gasteiger partial charge in [0.2, 0.25) is 0 Å². The van der Waals surface area contributed by atoms with Gasteiger partial charge in [0, 0.05) is 11.9 Å². The van der Waals surface area contributed by atoms with Gasteiger partial charge in [-0.25, -0.2) is 4.98 Å². The molecule has 0 spiro atoms. The fraction of sp³-hybridized carbons (Fsp3) is 0.150. The second kappa shape index (κ2) is 9.32. The minimum Gasteiger partial charge on any atom is -0.324 e. The molecule has 0 radical (unpaired) electrons. The summed E-state index contributed by atoms with van der Waals surface area (Å²) >= 11 is 1.73. The van der Waals surface area contributed by atoms with Crippen molar-refractivity contribution >= 4 is 33.6 Å². The molecule has 3 heterocycles. The van der Waals surface area contributed by atoms with Gasteiger partial charge in [0.15, 0.2) is 10.2 Å². The number of benzene rings is 1. The molecular formula is C20H13F3N6O4S2. The minimum atomic E-state index is -4.61. The van der Waals surface area contributed by atoms with E-state index in [4.69, 9.17) is 0 Å². The van der Waals surface area contributed by atoms with E-state index in [2.05, 4.69) is 15.2 Å². The van der Waals surface area contributed by atoms with E-state index in [9.17, 15) is 38.5 Å². The lowest BCUT2D eigenvalue weighted by atomic mass is 10.1. The van der Waals surface area contributed by atoms with Gasteiger partial charge in [0.05, 0.1) is 23.4 Å². The predicted molar refractivity (Wildman–Crippen MR) is 120 cm³/mol. The molecule has 0 amide bonds. The van der Waals surface area contributed by atoms with Crippen LogP contribution in [0.3, 0.4) is 0 Å². The smallest absolute Gasteiger partial charge is 0.324 e. The molecule has 0 atom stereocenters. The fourth-order valence-electron chi connectivity index (χ4n) is 2.97. The fourth-order valence-corrected chi connectivity index (χ4v) is 5.02. The Balaban J connectivity index is 1.67. The lowest BCUT2D eigenvalue weighted by molar-refractivity contribution is -0.310. The number of alkyl halides is 3. The molecule has 3 N–H and O–H groups in total. The number of nitrogens with zero attached hydrogens (tertiary/aromatic N) is 6. The Morgan fingerprint density at radius 2 is 1.94 bits per heavy atom. The molecule has 0 bridgehead atoms. The third-order valence-electron chi connectivity index (χ3n) is 4.57. The van der Waals surface area contributed by atoms with Crippen molar-refractivity contribution in [3.63, 3.8) is 0 Å². The van der Waals surface area contributed by atoms with Gasteiger partial charge in [-0.05, 0) is 29.8 Å². The molecule has 2 aromatic heterocycles. The maximum atomic E-state index is 13.1. The summed E-state index contributed by atoms with van der Waals surface area (Å²) in [7, 11) is 0. The zero-order valence-corrected chi connectivity index (χ0v) is 18.8. The highest BCUT2D eigenvalue weighted by Gasteiger charge is 2.37. The van der Waals surface area contributed by atoms with Gasteiger partial charge in [0.1, 0.15) is 10.6 Å². The number of hydrogen-bond donors (Lipinski definition) is 3. The van der Waals surface area contributed by atoms with Gasteiger partial charge < -0.3 is 15.3 Å². The van der Waals surface area contributed by atoms with E-state index in [-0.39, 0.29) is 37.7 Å². The number of hydrazone groups is 1. The van der Waals surface area contributed by atoms with E-state index in [1.165, 1.54) is 12.3 Å². The number of pyridine rings is 1. The first-order valence-corrected chi connectivity index (χ1v) is 11.3. The van der Waals surface area contributed by atoms with E-state index in [1.54, 1.807) is 18.2 Å². The van der Waals surface area contributed by atoms with Gasteiger partial charge in [-0.15, -0.1) is 0 Å². The average Bonchev–Trinajstić information content (AvgIpc) is 2.82. The topological polar surface area (TPSA) is 148 Å². The Hall–Kier alpha value is -3.42. The predicted octanol–water partition coefficient (Wildman–Crippen LogP) is 2.22. The van der Waals surface area contributed by atoms with Crippen molar-refractivity contribution in [2.75, 3.05) is 5.01 Å². The summed E-state index contributed by atoms with van der Waals surface area (Å²) in [5.41, 5.74) is -1.80. The lowest BCUT2D eigenvalue weighted by Crippen LogP contribution is -2.48. The number of aliphatic hydroxyl groups is 3. The van der Waals surface area contributed by atoms with Crippen LogP contribution in [0.25, 0.3) is 5.82 Å². The Labute approximate surface area is 203 Å². The maximum absolute atomic E-state index is 13.1. The molecule has 1 aliphatic rings. The van der Waals surface area contributed by atoms with Crippen LogP contribution in [-0.2, 0) is 11.9 Å². The first-order chi connectivity index (χ1) is 16.5. The average molecular weight is 522 g/mol. The second-order valence-electron chi connectivity index (χ2n) is 6.91. The van der Waals surface area contributed by atoms with Gasteiger partial charge in [-0.3, -0.25) is 4.79 Å². The number of thioether (sulfide) groups is 2. The summed E-state index contributed by atoms with van der Waals surface area (Å²) in [6.07, 6.45) is -5.56. The molecule has 0 fully saturated rings. The number of rotatable bonds is 4. The first-order valence-electron chi connectivity index (χ1n) is 9.49. The van der Waals surface area contributed by atoms with E-state index in [0.29, 0.717) is 5.01 Å². The molecule has 0 saturated carbocycles. The standard InChI is InChI=1S/C20H13F3N6O4S2/c21-19(22,23)13-5-4-11(12(7-13)8-24)10-34-18-27-29(20(31,32)33)14-9-26-28(17(30)16(14)35-18)15-3-1-2-6-25-15/h1-7,9,31-33H,10H2. The Bertz CT molecular complexity index is 1400. The van der Waals surface area contributed by atoms with Crippen LogP contribution in [0.1, 0.15) is 16.7 Å². The van der Waals surface area contributed by atoms with Crippen LogP contribution < -0.4 is 10.6 Å². The number of nitriles is 1. The minimum absolute atomic E-state index is 0.0369. The van der Waals surface area contributed by atoms with Crippen molar-refractivity contribution in [2.45, 2.75) is 22.9 Å². The highest BCUT2D eigenvalue weighted by molar-refractivity contribution is 8.38. The second-order valence-corrected chi connectivity index (χ2v) is 9.14. The molecule has 0 aliphatic carbocycles. The van der Waals surface area contributed by atoms with Crippen LogP contribution in [0.5, 0.6) is 0 Å². The number of halogens is 3. The normalized spacial score (nSPS) is 13.7. The monoisotopic (exact) mass is 522 g/mol. The number of aromatic nitrogens is 3. The highest BCUT2D eigenvalue weighted by atomic mass is 32.2. The van der Waals surface area contributed by atoms with E-state index in [1.807, 2.05) is 0 Å². The molecule has 0 saturated heterocycles. The van der Waals surface area contributed by atoms with Crippen molar-refractivity contribution in [3.8, 4) is 11.9 Å². The maximum Gasteiger partial charge on any atom is 0.416 e. The third-order valence-corrected chi connectivity index (χ3v) is 6.80. The molecular weight excluding hydrogens is 509 g/mol. The van der Waals surface area contributed by atoms with Gasteiger partial charge in [-0.1, -0.05) is 35.7 Å². The zero-order chi connectivity index (χ0) is 25.4. The molecule has 3 aromatic rings. The summed E-state index contributed by atoms with van der Waals surface area (Å²) in [5.74, 6) is 0.154. The third kappa shape index (κ3) is 5.16. The summed E-state index contributed by atoms with van der Waals surface area (Å²) in [4.78, 5) is 17.1. The molecule has 1 aliphatic heterocycles. The lowest BCUT2D eigenvalue weighted by Gasteiger charge is -2.31. The summed E-state index contributed by atoms with van der Waals surface area (Å²) in [5, 5.41) is 46.8. The largest absolute Gasteiger partial charge is 0.416 e. The van der Waals surface area contributed by atoms with Crippen LogP contribution in [0.2, 0.25) is 0 Å². The summed E-state index contributed by atoms with van der Waals surface area (Å²) in [6, 6.07) is 9.24. The molecule has 180 valence electrons. The van der Waals surface area contributed by atoms with Gasteiger partial charge in [-0.2, -0.15) is 38.3 Å². The zero-order valence-electron chi connectivity index (χ0n) is 17.2. The number of fused-ring (bicyclic) bond motifs is 1. The molecule has 4 rings (SSSR count). The Morgan fingerprint density at radius 1 is 1.17 bits per heavy atom. The van der Waals surface area contributed by atoms with Crippen molar-refractivity contribution in [2.24, 2.45) is 5.10 Å². The Kier molecular flexibility index (Phi) is 6.58. The summed E-state index contributed by atoms with van der Waals surface area (Å²) in [6.45, 7) is 0. The van der Waals surface area contributed by atoms with Crippen molar-refractivity contribution in [1.82, 2.24) is 14.8 Å². The van der Waals surface area contributed by atoms with Gasteiger partial charge in [0.25, 0.3) is 5.56 Å². The Morgan fingerprint density at radius 3 is 2.57 bits per heavy atom. The number of hydrogen-bond acceptors (Lipinski definition) is 11. The molecule has 1 aromatic carbocycles. The molecule has 35 heavy (non-hydrogen) atoms. The summed E-state index contributed by atoms with van der Waals surface area (Å²) < 4.78 is 39.8. The van der Waals surface area contributed by atoms with Crippen LogP contribution in [0.4, 0.5) is 18.9 Å². The molecule has 0 unspecified atom stereocenters. The van der Waals surface area contributed by atoms with Crippen LogP contribution >= 0.6 is 23.5 Å². The highest BCUT2D eigenvalue weighted by Crippen LogP contribution is 2.39. The molecule has 15 heteroatoms. The van der Waals surface area contributed by atoms with Gasteiger partial charge >= 0.3 is 12.3 Å². The SMILES string of the molecule is N#Cc1cc(C(F)(F)F)ccc1CSC1=NN(C(O)(O)O)c2cnn(-c3ccccn3)c(=O)c2S1.